The van der Waals surface area contributed by atoms with Crippen molar-refractivity contribution in [1.29, 1.82) is 0 Å². The van der Waals surface area contributed by atoms with Crippen molar-refractivity contribution in [2.45, 2.75) is 24.7 Å². The molecule has 0 spiro atoms. The fourth-order valence-corrected chi connectivity index (χ4v) is 3.07. The molecule has 24 heavy (non-hydrogen) atoms. The van der Waals surface area contributed by atoms with Crippen LogP contribution in [0.3, 0.4) is 0 Å². The van der Waals surface area contributed by atoms with Gasteiger partial charge >= 0.3 is 0 Å². The zero-order valence-electron chi connectivity index (χ0n) is 13.9. The molecule has 0 saturated carbocycles. The highest BCUT2D eigenvalue weighted by Gasteiger charge is 2.14. The highest BCUT2D eigenvalue weighted by Crippen LogP contribution is 2.22. The predicted molar refractivity (Wildman–Crippen MR) is 95.1 cm³/mol. The summed E-state index contributed by atoms with van der Waals surface area (Å²) in [6.45, 7) is 3.42. The Balaban J connectivity index is 1.85. The quantitative estimate of drug-likeness (QED) is 0.717. The third kappa shape index (κ3) is 5.47. The summed E-state index contributed by atoms with van der Waals surface area (Å²) in [5, 5.41) is 15.8. The summed E-state index contributed by atoms with van der Waals surface area (Å²) in [6, 6.07) is 7.33. The van der Waals surface area contributed by atoms with Crippen LogP contribution in [0, 0.1) is 0 Å². The molecule has 2 rings (SSSR count). The van der Waals surface area contributed by atoms with Gasteiger partial charge in [0.1, 0.15) is 0 Å². The molecule has 0 aliphatic carbocycles. The van der Waals surface area contributed by atoms with Crippen LogP contribution in [0.4, 0.5) is 0 Å². The minimum Gasteiger partial charge on any atom is -0.349 e. The number of nitrogens with one attached hydrogen (secondary N) is 1. The number of benzene rings is 1. The standard InChI is InChI=1S/C15H21ClN6OS/c1-11(12-6-4-5-7-13(12)16)17-14(23)10-24-15-18-19-20-22(15)9-8-21(2)3/h4-7,11H,8-10H2,1-3H3,(H,17,23). The van der Waals surface area contributed by atoms with Gasteiger partial charge in [-0.1, -0.05) is 41.6 Å². The van der Waals surface area contributed by atoms with Crippen LogP contribution in [0.1, 0.15) is 18.5 Å². The number of thioether (sulfide) groups is 1. The number of aromatic nitrogens is 4. The van der Waals surface area contributed by atoms with E-state index in [4.69, 9.17) is 11.6 Å². The maximum absolute atomic E-state index is 12.1. The van der Waals surface area contributed by atoms with Crippen molar-refractivity contribution < 1.29 is 4.79 Å². The number of likely N-dealkylation sites (N-methyl/N-ethyl adjacent to an activating group) is 1. The van der Waals surface area contributed by atoms with Gasteiger partial charge in [-0.25, -0.2) is 4.68 Å². The molecule has 1 unspecified atom stereocenters. The van der Waals surface area contributed by atoms with E-state index in [1.165, 1.54) is 11.8 Å². The van der Waals surface area contributed by atoms with Crippen molar-refractivity contribution in [3.05, 3.63) is 34.9 Å². The van der Waals surface area contributed by atoms with Crippen LogP contribution in [0.2, 0.25) is 5.02 Å². The SMILES string of the molecule is CC(NC(=O)CSc1nnnn1CCN(C)C)c1ccccc1Cl. The summed E-state index contributed by atoms with van der Waals surface area (Å²) in [6.07, 6.45) is 0. The fourth-order valence-electron chi connectivity index (χ4n) is 2.05. The Morgan fingerprint density at radius 1 is 1.42 bits per heavy atom. The molecule has 1 aromatic heterocycles. The van der Waals surface area contributed by atoms with E-state index in [0.717, 1.165) is 12.1 Å². The molecule has 1 amide bonds. The maximum atomic E-state index is 12.1. The molecule has 0 bridgehead atoms. The third-order valence-corrected chi connectivity index (χ3v) is 4.64. The van der Waals surface area contributed by atoms with Crippen molar-refractivity contribution >= 4 is 29.3 Å². The lowest BCUT2D eigenvalue weighted by Crippen LogP contribution is -2.28. The van der Waals surface area contributed by atoms with Gasteiger partial charge in [-0.3, -0.25) is 4.79 Å². The number of hydrogen-bond acceptors (Lipinski definition) is 6. The first kappa shape index (κ1) is 18.7. The van der Waals surface area contributed by atoms with E-state index in [-0.39, 0.29) is 17.7 Å². The van der Waals surface area contributed by atoms with Crippen LogP contribution < -0.4 is 5.32 Å². The Morgan fingerprint density at radius 3 is 2.88 bits per heavy atom. The Morgan fingerprint density at radius 2 is 2.17 bits per heavy atom. The molecule has 0 fully saturated rings. The van der Waals surface area contributed by atoms with Gasteiger partial charge < -0.3 is 10.2 Å². The second-order valence-electron chi connectivity index (χ2n) is 5.59. The minimum atomic E-state index is -0.156. The summed E-state index contributed by atoms with van der Waals surface area (Å²) in [7, 11) is 3.97. The Kier molecular flexibility index (Phi) is 7.01. The van der Waals surface area contributed by atoms with Crippen LogP contribution in [0.15, 0.2) is 29.4 Å². The maximum Gasteiger partial charge on any atom is 0.230 e. The molecule has 9 heteroatoms. The summed E-state index contributed by atoms with van der Waals surface area (Å²) in [4.78, 5) is 14.2. The predicted octanol–water partition coefficient (Wildman–Crippen LogP) is 1.86. The lowest BCUT2D eigenvalue weighted by Gasteiger charge is -2.15. The Hall–Kier alpha value is -1.64. The third-order valence-electron chi connectivity index (χ3n) is 3.34. The van der Waals surface area contributed by atoms with Gasteiger partial charge in [0.15, 0.2) is 0 Å². The van der Waals surface area contributed by atoms with Crippen molar-refractivity contribution in [2.75, 3.05) is 26.4 Å². The highest BCUT2D eigenvalue weighted by molar-refractivity contribution is 7.99. The van der Waals surface area contributed by atoms with Gasteiger partial charge in [0.2, 0.25) is 11.1 Å². The zero-order valence-corrected chi connectivity index (χ0v) is 15.5. The average molecular weight is 369 g/mol. The van der Waals surface area contributed by atoms with E-state index in [1.807, 2.05) is 50.2 Å². The van der Waals surface area contributed by atoms with Gasteiger partial charge in [-0.15, -0.1) is 5.10 Å². The lowest BCUT2D eigenvalue weighted by atomic mass is 10.1. The van der Waals surface area contributed by atoms with Gasteiger partial charge in [0.25, 0.3) is 0 Å². The average Bonchev–Trinajstić information content (AvgIpc) is 2.98. The van der Waals surface area contributed by atoms with Gasteiger partial charge in [0.05, 0.1) is 18.3 Å². The van der Waals surface area contributed by atoms with Crippen LogP contribution in [0.25, 0.3) is 0 Å². The van der Waals surface area contributed by atoms with Crippen LogP contribution in [0.5, 0.6) is 0 Å². The molecule has 0 saturated heterocycles. The summed E-state index contributed by atoms with van der Waals surface area (Å²) < 4.78 is 1.70. The normalized spacial score (nSPS) is 12.4. The minimum absolute atomic E-state index is 0.0884. The molecule has 0 radical (unpaired) electrons. The fraction of sp³-hybridized carbons (Fsp3) is 0.467. The topological polar surface area (TPSA) is 75.9 Å². The van der Waals surface area contributed by atoms with Crippen LogP contribution in [-0.4, -0.2) is 57.4 Å². The number of amides is 1. The van der Waals surface area contributed by atoms with Crippen molar-refractivity contribution in [2.24, 2.45) is 0 Å². The molecule has 1 N–H and O–H groups in total. The second-order valence-corrected chi connectivity index (χ2v) is 6.94. The number of halogens is 1. The van der Waals surface area contributed by atoms with E-state index < -0.39 is 0 Å². The van der Waals surface area contributed by atoms with Gasteiger partial charge in [-0.05, 0) is 43.1 Å². The molecular formula is C15H21ClN6OS. The lowest BCUT2D eigenvalue weighted by molar-refractivity contribution is -0.119. The van der Waals surface area contributed by atoms with E-state index in [0.29, 0.717) is 16.7 Å². The van der Waals surface area contributed by atoms with E-state index in [2.05, 4.69) is 20.8 Å². The van der Waals surface area contributed by atoms with E-state index in [1.54, 1.807) is 4.68 Å². The first-order valence-corrected chi connectivity index (χ1v) is 8.91. The molecular weight excluding hydrogens is 348 g/mol. The Labute approximate surface area is 150 Å². The smallest absolute Gasteiger partial charge is 0.230 e. The second kappa shape index (κ2) is 9.00. The molecule has 7 nitrogen and oxygen atoms in total. The van der Waals surface area contributed by atoms with Gasteiger partial charge in [-0.2, -0.15) is 0 Å². The number of tetrazole rings is 1. The van der Waals surface area contributed by atoms with E-state index >= 15 is 0 Å². The van der Waals surface area contributed by atoms with Crippen molar-refractivity contribution in [3.8, 4) is 0 Å². The van der Waals surface area contributed by atoms with Crippen LogP contribution in [-0.2, 0) is 11.3 Å². The molecule has 1 heterocycles. The monoisotopic (exact) mass is 368 g/mol. The highest BCUT2D eigenvalue weighted by atomic mass is 35.5. The molecule has 1 aromatic carbocycles. The molecule has 2 aromatic rings. The first-order chi connectivity index (χ1) is 11.5. The first-order valence-electron chi connectivity index (χ1n) is 7.55. The number of carbonyl (C=O) groups is 1. The Bertz CT molecular complexity index is 677. The zero-order chi connectivity index (χ0) is 17.5. The molecule has 0 aliphatic heterocycles. The number of hydrogen-bond donors (Lipinski definition) is 1. The number of carbonyl (C=O) groups excluding carboxylic acids is 1. The number of nitrogens with zero attached hydrogens (tertiary/aromatic N) is 5. The summed E-state index contributed by atoms with van der Waals surface area (Å²) >= 11 is 7.47. The van der Waals surface area contributed by atoms with Gasteiger partial charge in [0, 0.05) is 11.6 Å². The van der Waals surface area contributed by atoms with E-state index in [9.17, 15) is 4.79 Å². The van der Waals surface area contributed by atoms with Crippen LogP contribution >= 0.6 is 23.4 Å². The van der Waals surface area contributed by atoms with Crippen molar-refractivity contribution in [3.63, 3.8) is 0 Å². The summed E-state index contributed by atoms with van der Waals surface area (Å²) in [5.41, 5.74) is 0.897. The molecule has 0 aliphatic rings. The molecule has 130 valence electrons. The largest absolute Gasteiger partial charge is 0.349 e. The number of rotatable bonds is 8. The summed E-state index contributed by atoms with van der Waals surface area (Å²) in [5.74, 6) is 0.159. The molecule has 1 atom stereocenters. The van der Waals surface area contributed by atoms with Crippen molar-refractivity contribution in [1.82, 2.24) is 30.4 Å².